The lowest BCUT2D eigenvalue weighted by atomic mass is 10.4. The number of allylic oxidation sites excluding steroid dienone is 1. The molecule has 0 saturated heterocycles. The van der Waals surface area contributed by atoms with Gasteiger partial charge in [-0.3, -0.25) is 4.79 Å². The molecule has 0 atom stereocenters. The summed E-state index contributed by atoms with van der Waals surface area (Å²) in [7, 11) is 0. The number of carbonyl (C=O) groups excluding carboxylic acids is 1. The van der Waals surface area contributed by atoms with Crippen LogP contribution in [0.3, 0.4) is 0 Å². The molecule has 0 saturated carbocycles. The molecule has 0 aliphatic carbocycles. The van der Waals surface area contributed by atoms with Crippen LogP contribution in [-0.4, -0.2) is 10.4 Å². The molecule has 5 heteroatoms. The van der Waals surface area contributed by atoms with Crippen molar-refractivity contribution in [2.75, 3.05) is 0 Å². The van der Waals surface area contributed by atoms with Gasteiger partial charge in [0.1, 0.15) is 0 Å². The van der Waals surface area contributed by atoms with E-state index in [4.69, 9.17) is 23.2 Å². The van der Waals surface area contributed by atoms with Crippen molar-refractivity contribution in [3.63, 3.8) is 0 Å². The van der Waals surface area contributed by atoms with Crippen LogP contribution in [0.25, 0.3) is 6.08 Å². The van der Waals surface area contributed by atoms with Crippen LogP contribution in [0.1, 0.15) is 5.76 Å². The number of hydrogen-bond acceptors (Lipinski definition) is 3. The van der Waals surface area contributed by atoms with Gasteiger partial charge in [-0.2, -0.15) is 0 Å². The molecule has 1 aromatic heterocycles. The Morgan fingerprint density at radius 2 is 2.45 bits per heavy atom. The average Bonchev–Trinajstić information content (AvgIpc) is 2.31. The molecule has 0 fully saturated rings. The topological polar surface area (TPSA) is 43.1 Å². The predicted octanol–water partition coefficient (Wildman–Crippen LogP) is 2.11. The Balaban J connectivity index is 2.71. The molecule has 0 radical (unpaired) electrons. The molecular weight excluding hydrogens is 189 g/mol. The largest absolute Gasteiger partial charge is 0.355 e. The van der Waals surface area contributed by atoms with Crippen molar-refractivity contribution in [2.45, 2.75) is 0 Å². The van der Waals surface area contributed by atoms with Crippen molar-refractivity contribution in [3.8, 4) is 0 Å². The molecule has 1 rings (SSSR count). The summed E-state index contributed by atoms with van der Waals surface area (Å²) in [5, 5.41) is 3.05. The van der Waals surface area contributed by atoms with E-state index in [-0.39, 0.29) is 5.15 Å². The normalized spacial score (nSPS) is 10.7. The SMILES string of the molecule is O=C(Cl)C=Cc1cc(Cl)no1. The number of carbonyl (C=O) groups is 1. The van der Waals surface area contributed by atoms with Crippen molar-refractivity contribution in [1.29, 1.82) is 0 Å². The highest BCUT2D eigenvalue weighted by Gasteiger charge is 1.96. The molecule has 58 valence electrons. The molecule has 0 amide bonds. The minimum Gasteiger partial charge on any atom is -0.355 e. The van der Waals surface area contributed by atoms with Gasteiger partial charge in [0, 0.05) is 12.1 Å². The maximum atomic E-state index is 10.2. The van der Waals surface area contributed by atoms with Gasteiger partial charge in [-0.1, -0.05) is 16.8 Å². The van der Waals surface area contributed by atoms with E-state index < -0.39 is 5.24 Å². The molecule has 0 aliphatic rings. The van der Waals surface area contributed by atoms with Crippen molar-refractivity contribution < 1.29 is 9.32 Å². The van der Waals surface area contributed by atoms with Gasteiger partial charge < -0.3 is 4.52 Å². The molecule has 0 spiro atoms. The third kappa shape index (κ3) is 2.74. The number of halogens is 2. The van der Waals surface area contributed by atoms with E-state index >= 15 is 0 Å². The quantitative estimate of drug-likeness (QED) is 0.532. The van der Waals surface area contributed by atoms with E-state index in [9.17, 15) is 4.79 Å². The molecule has 0 unspecified atom stereocenters. The molecule has 0 aromatic carbocycles. The monoisotopic (exact) mass is 191 g/mol. The Labute approximate surface area is 72.6 Å². The Morgan fingerprint density at radius 3 is 2.91 bits per heavy atom. The number of rotatable bonds is 2. The number of aromatic nitrogens is 1. The zero-order chi connectivity index (χ0) is 8.27. The third-order valence-electron chi connectivity index (χ3n) is 0.878. The van der Waals surface area contributed by atoms with Gasteiger partial charge in [0.15, 0.2) is 10.9 Å². The molecule has 1 aromatic rings. The van der Waals surface area contributed by atoms with Crippen LogP contribution in [-0.2, 0) is 4.79 Å². The maximum absolute atomic E-state index is 10.2. The fourth-order valence-electron chi connectivity index (χ4n) is 0.493. The molecule has 0 aliphatic heterocycles. The molecule has 0 N–H and O–H groups in total. The van der Waals surface area contributed by atoms with Crippen LogP contribution in [0.2, 0.25) is 5.15 Å². The first-order valence-electron chi connectivity index (χ1n) is 2.68. The summed E-state index contributed by atoms with van der Waals surface area (Å²) >= 11 is 10.4. The standard InChI is InChI=1S/C6H3Cl2NO2/c7-5-3-4(11-9-5)1-2-6(8)10/h1-3H. The predicted molar refractivity (Wildman–Crippen MR) is 41.4 cm³/mol. The molecule has 11 heavy (non-hydrogen) atoms. The first kappa shape index (κ1) is 8.30. The Bertz CT molecular complexity index is 293. The molecule has 3 nitrogen and oxygen atoms in total. The minimum atomic E-state index is -0.572. The van der Waals surface area contributed by atoms with Crippen LogP contribution in [0.15, 0.2) is 16.7 Å². The van der Waals surface area contributed by atoms with Gasteiger partial charge in [0.2, 0.25) is 5.24 Å². The zero-order valence-corrected chi connectivity index (χ0v) is 6.76. The van der Waals surface area contributed by atoms with E-state index in [1.807, 2.05) is 0 Å². The Hall–Kier alpha value is -0.800. The highest BCUT2D eigenvalue weighted by Crippen LogP contribution is 2.09. The van der Waals surface area contributed by atoms with Crippen molar-refractivity contribution in [3.05, 3.63) is 23.1 Å². The number of nitrogens with zero attached hydrogens (tertiary/aromatic N) is 1. The van der Waals surface area contributed by atoms with Crippen molar-refractivity contribution in [2.24, 2.45) is 0 Å². The summed E-state index contributed by atoms with van der Waals surface area (Å²) in [6.45, 7) is 0. The van der Waals surface area contributed by atoms with Gasteiger partial charge in [0.05, 0.1) is 0 Å². The lowest BCUT2D eigenvalue weighted by Crippen LogP contribution is -1.73. The minimum absolute atomic E-state index is 0.242. The van der Waals surface area contributed by atoms with Gasteiger partial charge in [0.25, 0.3) is 0 Å². The average molecular weight is 192 g/mol. The first-order valence-corrected chi connectivity index (χ1v) is 3.44. The van der Waals surface area contributed by atoms with Gasteiger partial charge >= 0.3 is 0 Å². The lowest BCUT2D eigenvalue weighted by Gasteiger charge is -1.76. The molecule has 0 bridgehead atoms. The fourth-order valence-corrected chi connectivity index (χ4v) is 0.698. The second-order valence-corrected chi connectivity index (χ2v) is 2.45. The number of hydrogen-bond donors (Lipinski definition) is 0. The Morgan fingerprint density at radius 1 is 1.73 bits per heavy atom. The van der Waals surface area contributed by atoms with Crippen molar-refractivity contribution in [1.82, 2.24) is 5.16 Å². The van der Waals surface area contributed by atoms with Gasteiger partial charge in [-0.25, -0.2) is 0 Å². The highest BCUT2D eigenvalue weighted by molar-refractivity contribution is 6.66. The molecular formula is C6H3Cl2NO2. The van der Waals surface area contributed by atoms with Gasteiger partial charge in [-0.15, -0.1) is 0 Å². The summed E-state index contributed by atoms with van der Waals surface area (Å²) in [6.07, 6.45) is 2.53. The Kier molecular flexibility index (Phi) is 2.68. The van der Waals surface area contributed by atoms with Crippen LogP contribution in [0.4, 0.5) is 0 Å². The van der Waals surface area contributed by atoms with E-state index in [0.717, 1.165) is 6.08 Å². The second kappa shape index (κ2) is 3.55. The van der Waals surface area contributed by atoms with Gasteiger partial charge in [-0.05, 0) is 17.7 Å². The first-order chi connectivity index (χ1) is 5.18. The zero-order valence-electron chi connectivity index (χ0n) is 5.25. The summed E-state index contributed by atoms with van der Waals surface area (Å²) in [5.41, 5.74) is 0. The lowest BCUT2D eigenvalue weighted by molar-refractivity contribution is -0.107. The van der Waals surface area contributed by atoms with Crippen LogP contribution in [0, 0.1) is 0 Å². The fraction of sp³-hybridized carbons (Fsp3) is 0. The van der Waals surface area contributed by atoms with E-state index in [1.54, 1.807) is 0 Å². The summed E-state index contributed by atoms with van der Waals surface area (Å²) in [5.74, 6) is 0.393. The highest BCUT2D eigenvalue weighted by atomic mass is 35.5. The van der Waals surface area contributed by atoms with Crippen LogP contribution >= 0.6 is 23.2 Å². The smallest absolute Gasteiger partial charge is 0.245 e. The third-order valence-corrected chi connectivity index (χ3v) is 1.18. The summed E-state index contributed by atoms with van der Waals surface area (Å²) < 4.78 is 4.64. The van der Waals surface area contributed by atoms with Crippen LogP contribution < -0.4 is 0 Å². The van der Waals surface area contributed by atoms with E-state index in [2.05, 4.69) is 9.68 Å². The van der Waals surface area contributed by atoms with E-state index in [1.165, 1.54) is 12.1 Å². The summed E-state index contributed by atoms with van der Waals surface area (Å²) in [6, 6.07) is 1.47. The van der Waals surface area contributed by atoms with Crippen molar-refractivity contribution >= 4 is 34.5 Å². The molecule has 1 heterocycles. The second-order valence-electron chi connectivity index (χ2n) is 1.69. The summed E-state index contributed by atoms with van der Waals surface area (Å²) in [4.78, 5) is 10.2. The van der Waals surface area contributed by atoms with E-state index in [0.29, 0.717) is 5.76 Å². The van der Waals surface area contributed by atoms with Crippen LogP contribution in [0.5, 0.6) is 0 Å². The maximum Gasteiger partial charge on any atom is 0.245 e.